The molecule has 0 amide bonds. The van der Waals surface area contributed by atoms with Crippen molar-refractivity contribution in [1.29, 1.82) is 0 Å². The molecule has 2 N–H and O–H groups in total. The standard InChI is InChI=1S/C28H26IN3O3/c29-24-18-32(27(33)31-26(24)30)25-17-16-23(35-25)19-34-28(20-10-4-1-5-11-20,21-12-6-2-7-13-21)22-14-8-3-9-15-22/h1-15,18,23,25H,16-17,19H2,(H2,30,31,33)/t23-,25+/m0/s1. The van der Waals surface area contributed by atoms with Crippen LogP contribution in [0.25, 0.3) is 0 Å². The Hall–Kier alpha value is -3.01. The van der Waals surface area contributed by atoms with Gasteiger partial charge in [-0.25, -0.2) is 4.79 Å². The molecule has 1 aliphatic rings. The minimum Gasteiger partial charge on any atom is -0.383 e. The van der Waals surface area contributed by atoms with Crippen LogP contribution in [0, 0.1) is 3.57 Å². The van der Waals surface area contributed by atoms with Gasteiger partial charge in [-0.1, -0.05) is 91.0 Å². The highest BCUT2D eigenvalue weighted by molar-refractivity contribution is 14.1. The highest BCUT2D eigenvalue weighted by Crippen LogP contribution is 2.41. The smallest absolute Gasteiger partial charge is 0.351 e. The largest absolute Gasteiger partial charge is 0.383 e. The molecule has 0 radical (unpaired) electrons. The van der Waals surface area contributed by atoms with Crippen LogP contribution in [0.1, 0.15) is 35.8 Å². The van der Waals surface area contributed by atoms with Crippen molar-refractivity contribution < 1.29 is 9.47 Å². The normalized spacial score (nSPS) is 18.0. The topological polar surface area (TPSA) is 79.4 Å². The van der Waals surface area contributed by atoms with E-state index in [0.717, 1.165) is 26.7 Å². The summed E-state index contributed by atoms with van der Waals surface area (Å²) in [6.07, 6.45) is 2.62. The third-order valence-corrected chi connectivity index (χ3v) is 7.19. The molecule has 3 aromatic carbocycles. The zero-order chi connectivity index (χ0) is 24.3. The zero-order valence-electron chi connectivity index (χ0n) is 19.1. The lowest BCUT2D eigenvalue weighted by molar-refractivity contribution is -0.0773. The van der Waals surface area contributed by atoms with Crippen molar-refractivity contribution in [3.05, 3.63) is 128 Å². The molecule has 0 unspecified atom stereocenters. The van der Waals surface area contributed by atoms with Gasteiger partial charge in [-0.3, -0.25) is 4.57 Å². The molecule has 4 aromatic rings. The molecule has 2 atom stereocenters. The number of hydrogen-bond donors (Lipinski definition) is 1. The second kappa shape index (κ2) is 10.3. The van der Waals surface area contributed by atoms with E-state index in [-0.39, 0.29) is 11.9 Å². The average Bonchev–Trinajstić information content (AvgIpc) is 3.37. The number of ether oxygens (including phenoxy) is 2. The maximum atomic E-state index is 12.4. The van der Waals surface area contributed by atoms with E-state index >= 15 is 0 Å². The summed E-state index contributed by atoms with van der Waals surface area (Å²) in [6.45, 7) is 0.365. The van der Waals surface area contributed by atoms with Crippen LogP contribution in [-0.4, -0.2) is 22.3 Å². The Morgan fingerprint density at radius 2 is 1.43 bits per heavy atom. The maximum absolute atomic E-state index is 12.4. The number of nitrogens with two attached hydrogens (primary N) is 1. The summed E-state index contributed by atoms with van der Waals surface area (Å²) in [5.74, 6) is 0.239. The van der Waals surface area contributed by atoms with Gasteiger partial charge in [-0.05, 0) is 52.1 Å². The van der Waals surface area contributed by atoms with E-state index in [9.17, 15) is 4.79 Å². The molecule has 6 nitrogen and oxygen atoms in total. The monoisotopic (exact) mass is 579 g/mol. The van der Waals surface area contributed by atoms with Gasteiger partial charge in [0.2, 0.25) is 0 Å². The summed E-state index contributed by atoms with van der Waals surface area (Å²) in [7, 11) is 0. The van der Waals surface area contributed by atoms with Crippen molar-refractivity contribution >= 4 is 28.4 Å². The maximum Gasteiger partial charge on any atom is 0.351 e. The Labute approximate surface area is 217 Å². The molecule has 7 heteroatoms. The number of benzene rings is 3. The van der Waals surface area contributed by atoms with Crippen LogP contribution in [0.3, 0.4) is 0 Å². The molecule has 1 saturated heterocycles. The number of rotatable bonds is 7. The molecule has 178 valence electrons. The van der Waals surface area contributed by atoms with Crippen LogP contribution < -0.4 is 11.4 Å². The van der Waals surface area contributed by atoms with Crippen LogP contribution in [0.4, 0.5) is 5.82 Å². The summed E-state index contributed by atoms with van der Waals surface area (Å²) in [5.41, 5.74) is 7.70. The summed E-state index contributed by atoms with van der Waals surface area (Å²) in [6, 6.07) is 30.8. The number of anilines is 1. The van der Waals surface area contributed by atoms with Crippen molar-refractivity contribution in [2.24, 2.45) is 0 Å². The van der Waals surface area contributed by atoms with Crippen LogP contribution in [0.15, 0.2) is 102 Å². The molecular weight excluding hydrogens is 553 g/mol. The Balaban J connectivity index is 1.47. The summed E-state index contributed by atoms with van der Waals surface area (Å²) in [4.78, 5) is 16.3. The lowest BCUT2D eigenvalue weighted by atomic mass is 9.80. The predicted octanol–water partition coefficient (Wildman–Crippen LogP) is 5.12. The molecule has 2 heterocycles. The Bertz CT molecular complexity index is 1230. The first-order valence-corrected chi connectivity index (χ1v) is 12.7. The highest BCUT2D eigenvalue weighted by Gasteiger charge is 2.39. The van der Waals surface area contributed by atoms with Crippen molar-refractivity contribution in [3.63, 3.8) is 0 Å². The van der Waals surface area contributed by atoms with Crippen LogP contribution >= 0.6 is 22.6 Å². The van der Waals surface area contributed by atoms with Gasteiger partial charge in [0, 0.05) is 6.20 Å². The third kappa shape index (κ3) is 4.76. The molecule has 0 spiro atoms. The molecular formula is C28H26IN3O3. The van der Waals surface area contributed by atoms with Crippen molar-refractivity contribution in [3.8, 4) is 0 Å². The Kier molecular flexibility index (Phi) is 6.99. The molecule has 1 fully saturated rings. The predicted molar refractivity (Wildman–Crippen MR) is 144 cm³/mol. The van der Waals surface area contributed by atoms with Crippen LogP contribution in [0.5, 0.6) is 0 Å². The van der Waals surface area contributed by atoms with E-state index in [0.29, 0.717) is 13.0 Å². The van der Waals surface area contributed by atoms with E-state index in [1.165, 1.54) is 4.57 Å². The van der Waals surface area contributed by atoms with Crippen molar-refractivity contribution in [2.45, 2.75) is 30.8 Å². The fourth-order valence-corrected chi connectivity index (χ4v) is 5.09. The van der Waals surface area contributed by atoms with Gasteiger partial charge < -0.3 is 15.2 Å². The van der Waals surface area contributed by atoms with Crippen LogP contribution in [0.2, 0.25) is 0 Å². The van der Waals surface area contributed by atoms with E-state index < -0.39 is 17.5 Å². The van der Waals surface area contributed by atoms with E-state index in [4.69, 9.17) is 15.2 Å². The number of aromatic nitrogens is 2. The van der Waals surface area contributed by atoms with E-state index in [2.05, 4.69) is 64.0 Å². The number of nitrogens with zero attached hydrogens (tertiary/aromatic N) is 2. The molecule has 0 saturated carbocycles. The molecule has 35 heavy (non-hydrogen) atoms. The molecule has 0 aliphatic carbocycles. The molecule has 1 aromatic heterocycles. The van der Waals surface area contributed by atoms with Gasteiger partial charge in [0.1, 0.15) is 17.6 Å². The number of hydrogen-bond acceptors (Lipinski definition) is 5. The van der Waals surface area contributed by atoms with Crippen molar-refractivity contribution in [1.82, 2.24) is 9.55 Å². The number of halogens is 1. The quantitative estimate of drug-likeness (QED) is 0.243. The van der Waals surface area contributed by atoms with Gasteiger partial charge in [-0.2, -0.15) is 4.98 Å². The fourth-order valence-electron chi connectivity index (χ4n) is 4.66. The Morgan fingerprint density at radius 1 is 0.914 bits per heavy atom. The SMILES string of the molecule is Nc1nc(=O)n([C@H]2CC[C@@H](COC(c3ccccc3)(c3ccccc3)c3ccccc3)O2)cc1I. The van der Waals surface area contributed by atoms with E-state index in [1.807, 2.05) is 54.6 Å². The van der Waals surface area contributed by atoms with Gasteiger partial charge in [0.15, 0.2) is 0 Å². The molecule has 1 aliphatic heterocycles. The van der Waals surface area contributed by atoms with E-state index in [1.54, 1.807) is 6.20 Å². The molecule has 5 rings (SSSR count). The first kappa shape index (κ1) is 23.7. The summed E-state index contributed by atoms with van der Waals surface area (Å²) >= 11 is 2.08. The minimum absolute atomic E-state index is 0.169. The average molecular weight is 579 g/mol. The summed E-state index contributed by atoms with van der Waals surface area (Å²) < 4.78 is 15.4. The lowest BCUT2D eigenvalue weighted by Crippen LogP contribution is -2.36. The Morgan fingerprint density at radius 3 is 1.94 bits per heavy atom. The van der Waals surface area contributed by atoms with Gasteiger partial charge in [-0.15, -0.1) is 0 Å². The zero-order valence-corrected chi connectivity index (χ0v) is 21.2. The lowest BCUT2D eigenvalue weighted by Gasteiger charge is -2.36. The van der Waals surface area contributed by atoms with Crippen LogP contribution in [-0.2, 0) is 15.1 Å². The first-order chi connectivity index (χ1) is 17.1. The fraction of sp³-hybridized carbons (Fsp3) is 0.214. The second-order valence-electron chi connectivity index (χ2n) is 8.54. The molecule has 0 bridgehead atoms. The minimum atomic E-state index is -0.805. The summed E-state index contributed by atoms with van der Waals surface area (Å²) in [5, 5.41) is 0. The number of nitrogen functional groups attached to an aromatic ring is 1. The van der Waals surface area contributed by atoms with Crippen molar-refractivity contribution in [2.75, 3.05) is 12.3 Å². The van der Waals surface area contributed by atoms with Gasteiger partial charge in [0.05, 0.1) is 16.3 Å². The first-order valence-electron chi connectivity index (χ1n) is 11.6. The second-order valence-corrected chi connectivity index (χ2v) is 9.71. The van der Waals surface area contributed by atoms with Gasteiger partial charge >= 0.3 is 5.69 Å². The van der Waals surface area contributed by atoms with Gasteiger partial charge in [0.25, 0.3) is 0 Å². The third-order valence-electron chi connectivity index (χ3n) is 6.36. The highest BCUT2D eigenvalue weighted by atomic mass is 127.